The Morgan fingerprint density at radius 3 is 2.41 bits per heavy atom. The number of halogens is 1. The number of nitrogens with zero attached hydrogens (tertiary/aromatic N) is 2. The maximum Gasteiger partial charge on any atom is 0.257 e. The van der Waals surface area contributed by atoms with E-state index in [1.54, 1.807) is 41.3 Å². The fraction of sp³-hybridized carbons (Fsp3) is 0.364. The SMILES string of the molecule is COc1ccc(Cl)cc1C(=O)N1CCC(C(=O)Nc2ccccc2S(=O)(=O)N(C)C)CC1. The van der Waals surface area contributed by atoms with Crippen LogP contribution >= 0.6 is 11.6 Å². The number of methoxy groups -OCH3 is 1. The highest BCUT2D eigenvalue weighted by atomic mass is 35.5. The summed E-state index contributed by atoms with van der Waals surface area (Å²) in [5.41, 5.74) is 0.624. The first-order chi connectivity index (χ1) is 15.1. The van der Waals surface area contributed by atoms with Gasteiger partial charge < -0.3 is 15.0 Å². The Balaban J connectivity index is 1.68. The monoisotopic (exact) mass is 479 g/mol. The van der Waals surface area contributed by atoms with Crippen molar-refractivity contribution in [2.75, 3.05) is 39.6 Å². The van der Waals surface area contributed by atoms with Gasteiger partial charge in [0, 0.05) is 38.1 Å². The molecule has 10 heteroatoms. The van der Waals surface area contributed by atoms with Crippen LogP contribution in [0.5, 0.6) is 5.75 Å². The normalized spacial score (nSPS) is 15.0. The summed E-state index contributed by atoms with van der Waals surface area (Å²) in [5, 5.41) is 3.20. The highest BCUT2D eigenvalue weighted by Gasteiger charge is 2.30. The number of hydrogen-bond donors (Lipinski definition) is 1. The standard InChI is InChI=1S/C22H26ClN3O5S/c1-25(2)32(29,30)20-7-5-4-6-18(20)24-21(27)15-10-12-26(13-11-15)22(28)17-14-16(23)8-9-19(17)31-3/h4-9,14-15H,10-13H2,1-3H3,(H,24,27). The van der Waals surface area contributed by atoms with Crippen molar-refractivity contribution in [3.8, 4) is 5.75 Å². The molecule has 0 unspecified atom stereocenters. The number of hydrogen-bond acceptors (Lipinski definition) is 5. The van der Waals surface area contributed by atoms with Crippen LogP contribution in [0.3, 0.4) is 0 Å². The Hall–Kier alpha value is -2.62. The molecular formula is C22H26ClN3O5S. The third-order valence-corrected chi connectivity index (χ3v) is 7.56. The number of para-hydroxylation sites is 1. The van der Waals surface area contributed by atoms with Gasteiger partial charge in [0.25, 0.3) is 5.91 Å². The van der Waals surface area contributed by atoms with Gasteiger partial charge in [-0.15, -0.1) is 0 Å². The van der Waals surface area contributed by atoms with Gasteiger partial charge in [0.15, 0.2) is 0 Å². The van der Waals surface area contributed by atoms with Gasteiger partial charge in [-0.25, -0.2) is 12.7 Å². The van der Waals surface area contributed by atoms with Crippen LogP contribution in [0.2, 0.25) is 5.02 Å². The molecule has 0 aromatic heterocycles. The summed E-state index contributed by atoms with van der Waals surface area (Å²) in [6.07, 6.45) is 0.923. The van der Waals surface area contributed by atoms with E-state index in [0.29, 0.717) is 42.3 Å². The van der Waals surface area contributed by atoms with E-state index in [0.717, 1.165) is 4.31 Å². The van der Waals surface area contributed by atoms with Crippen LogP contribution in [0.4, 0.5) is 5.69 Å². The molecule has 3 rings (SSSR count). The summed E-state index contributed by atoms with van der Waals surface area (Å²) >= 11 is 6.04. The van der Waals surface area contributed by atoms with Crippen molar-refractivity contribution in [2.45, 2.75) is 17.7 Å². The van der Waals surface area contributed by atoms with Crippen LogP contribution in [0.25, 0.3) is 0 Å². The Labute approximate surface area is 193 Å². The first kappa shape index (κ1) is 24.0. The average molecular weight is 480 g/mol. The lowest BCUT2D eigenvalue weighted by atomic mass is 9.95. The van der Waals surface area contributed by atoms with E-state index in [4.69, 9.17) is 16.3 Å². The van der Waals surface area contributed by atoms with Crippen molar-refractivity contribution in [2.24, 2.45) is 5.92 Å². The van der Waals surface area contributed by atoms with E-state index < -0.39 is 10.0 Å². The third kappa shape index (κ3) is 5.06. The lowest BCUT2D eigenvalue weighted by molar-refractivity contribution is -0.121. The number of benzene rings is 2. The molecule has 1 heterocycles. The van der Waals surface area contributed by atoms with E-state index in [1.807, 2.05) is 0 Å². The van der Waals surface area contributed by atoms with E-state index in [1.165, 1.54) is 27.3 Å². The Morgan fingerprint density at radius 2 is 1.78 bits per heavy atom. The molecule has 0 spiro atoms. The van der Waals surface area contributed by atoms with E-state index in [9.17, 15) is 18.0 Å². The molecule has 0 aliphatic carbocycles. The molecule has 0 atom stereocenters. The highest BCUT2D eigenvalue weighted by Crippen LogP contribution is 2.28. The second-order valence-corrected chi connectivity index (χ2v) is 10.2. The number of carbonyl (C=O) groups is 2. The summed E-state index contributed by atoms with van der Waals surface area (Å²) in [4.78, 5) is 27.5. The van der Waals surface area contributed by atoms with E-state index >= 15 is 0 Å². The Morgan fingerprint density at radius 1 is 1.12 bits per heavy atom. The summed E-state index contributed by atoms with van der Waals surface area (Å²) in [7, 11) is 0.669. The predicted molar refractivity (Wildman–Crippen MR) is 123 cm³/mol. The first-order valence-electron chi connectivity index (χ1n) is 10.1. The molecule has 2 aromatic carbocycles. The quantitative estimate of drug-likeness (QED) is 0.686. The minimum atomic E-state index is -3.70. The first-order valence-corrected chi connectivity index (χ1v) is 11.9. The number of rotatable bonds is 6. The fourth-order valence-corrected chi connectivity index (χ4v) is 4.80. The molecule has 1 fully saturated rings. The number of anilines is 1. The van der Waals surface area contributed by atoms with Gasteiger partial charge in [-0.3, -0.25) is 9.59 Å². The van der Waals surface area contributed by atoms with Crippen molar-refractivity contribution < 1.29 is 22.7 Å². The molecule has 1 N–H and O–H groups in total. The number of ether oxygens (including phenoxy) is 1. The molecule has 8 nitrogen and oxygen atoms in total. The number of sulfonamides is 1. The lowest BCUT2D eigenvalue weighted by Gasteiger charge is -2.32. The molecule has 2 amide bonds. The number of nitrogens with one attached hydrogen (secondary N) is 1. The van der Waals surface area contributed by atoms with Crippen molar-refractivity contribution in [3.05, 3.63) is 53.1 Å². The van der Waals surface area contributed by atoms with Gasteiger partial charge in [0.2, 0.25) is 15.9 Å². The average Bonchev–Trinajstić information content (AvgIpc) is 2.78. The van der Waals surface area contributed by atoms with Gasteiger partial charge in [0.05, 0.1) is 18.4 Å². The Kier molecular flexibility index (Phi) is 7.43. The number of piperidine rings is 1. The van der Waals surface area contributed by atoms with Gasteiger partial charge in [-0.1, -0.05) is 23.7 Å². The minimum Gasteiger partial charge on any atom is -0.496 e. The van der Waals surface area contributed by atoms with Crippen molar-refractivity contribution in [3.63, 3.8) is 0 Å². The van der Waals surface area contributed by atoms with Crippen LogP contribution < -0.4 is 10.1 Å². The second kappa shape index (κ2) is 9.89. The van der Waals surface area contributed by atoms with Crippen LogP contribution in [-0.4, -0.2) is 63.7 Å². The number of amides is 2. The molecule has 172 valence electrons. The van der Waals surface area contributed by atoms with Crippen molar-refractivity contribution >= 4 is 39.1 Å². The zero-order valence-corrected chi connectivity index (χ0v) is 19.7. The topological polar surface area (TPSA) is 96.0 Å². The Bertz CT molecular complexity index is 1110. The lowest BCUT2D eigenvalue weighted by Crippen LogP contribution is -2.41. The maximum atomic E-state index is 12.9. The largest absolute Gasteiger partial charge is 0.496 e. The van der Waals surface area contributed by atoms with Gasteiger partial charge >= 0.3 is 0 Å². The molecule has 0 bridgehead atoms. The fourth-order valence-electron chi connectivity index (χ4n) is 3.59. The zero-order chi connectivity index (χ0) is 23.5. The molecule has 32 heavy (non-hydrogen) atoms. The smallest absolute Gasteiger partial charge is 0.257 e. The van der Waals surface area contributed by atoms with Gasteiger partial charge in [0.1, 0.15) is 10.6 Å². The summed E-state index contributed by atoms with van der Waals surface area (Å²) in [6, 6.07) is 11.2. The number of likely N-dealkylation sites (tertiary alicyclic amines) is 1. The van der Waals surface area contributed by atoms with Crippen LogP contribution in [0.1, 0.15) is 23.2 Å². The van der Waals surface area contributed by atoms with Crippen LogP contribution in [0, 0.1) is 5.92 Å². The summed E-state index contributed by atoms with van der Waals surface area (Å²) in [6.45, 7) is 0.786. The molecule has 0 radical (unpaired) electrons. The van der Waals surface area contributed by atoms with Gasteiger partial charge in [-0.05, 0) is 43.2 Å². The zero-order valence-electron chi connectivity index (χ0n) is 18.2. The van der Waals surface area contributed by atoms with E-state index in [-0.39, 0.29) is 28.3 Å². The minimum absolute atomic E-state index is 0.0408. The highest BCUT2D eigenvalue weighted by molar-refractivity contribution is 7.89. The molecule has 1 aliphatic heterocycles. The molecular weight excluding hydrogens is 454 g/mol. The van der Waals surface area contributed by atoms with Gasteiger partial charge in [-0.2, -0.15) is 0 Å². The second-order valence-electron chi connectivity index (χ2n) is 7.68. The third-order valence-electron chi connectivity index (χ3n) is 5.45. The van der Waals surface area contributed by atoms with Crippen LogP contribution in [0.15, 0.2) is 47.4 Å². The molecule has 1 saturated heterocycles. The molecule has 0 saturated carbocycles. The molecule has 1 aliphatic rings. The predicted octanol–water partition coefficient (Wildman–Crippen LogP) is 3.09. The van der Waals surface area contributed by atoms with Crippen LogP contribution in [-0.2, 0) is 14.8 Å². The van der Waals surface area contributed by atoms with E-state index in [2.05, 4.69) is 5.32 Å². The number of carbonyl (C=O) groups excluding carboxylic acids is 2. The van der Waals surface area contributed by atoms with Crippen molar-refractivity contribution in [1.82, 2.24) is 9.21 Å². The summed E-state index contributed by atoms with van der Waals surface area (Å²) < 4.78 is 31.5. The maximum absolute atomic E-state index is 12.9. The molecule has 2 aromatic rings. The van der Waals surface area contributed by atoms with Crippen molar-refractivity contribution in [1.29, 1.82) is 0 Å². The summed E-state index contributed by atoms with van der Waals surface area (Å²) in [5.74, 6) is -0.363.